The molecule has 0 radical (unpaired) electrons. The number of rotatable bonds is 9. The molecule has 0 fully saturated rings. The fraction of sp³-hybridized carbons (Fsp3) is 0.238. The number of anilines is 1. The van der Waals surface area contributed by atoms with Crippen molar-refractivity contribution >= 4 is 28.8 Å². The molecule has 0 bridgehead atoms. The number of nitrogens with one attached hydrogen (secondary N) is 2. The maximum Gasteiger partial charge on any atom is 0.286 e. The molecule has 0 atom stereocenters. The van der Waals surface area contributed by atoms with Crippen molar-refractivity contribution in [3.63, 3.8) is 0 Å². The van der Waals surface area contributed by atoms with Gasteiger partial charge in [0.05, 0.1) is 6.61 Å². The molecule has 156 valence electrons. The molecule has 0 aliphatic heterocycles. The number of nitrogens with zero attached hydrogens (tertiary/aromatic N) is 2. The second kappa shape index (κ2) is 10.4. The first-order chi connectivity index (χ1) is 14.5. The molecule has 0 aliphatic rings. The Hall–Kier alpha value is -3.33. The van der Waals surface area contributed by atoms with E-state index in [-0.39, 0.29) is 10.0 Å². The van der Waals surface area contributed by atoms with Crippen LogP contribution in [0.3, 0.4) is 0 Å². The van der Waals surface area contributed by atoms with Gasteiger partial charge in [0.25, 0.3) is 11.8 Å². The number of halogens is 1. The van der Waals surface area contributed by atoms with Crippen LogP contribution in [0.25, 0.3) is 0 Å². The standard InChI is InChI=1S/C21H21FN4O3S/c1-2-3-12-29-17-10-4-14(5-11-17)13-23-18(27)20-25-26-21(30-20)19(28)24-16-8-6-15(22)7-9-16/h4-11H,2-3,12-13H2,1H3,(H,23,27)(H,24,28). The first kappa shape index (κ1) is 21.4. The Labute approximate surface area is 177 Å². The van der Waals surface area contributed by atoms with Crippen LogP contribution in [0.15, 0.2) is 48.5 Å². The van der Waals surface area contributed by atoms with Gasteiger partial charge in [0.15, 0.2) is 0 Å². The van der Waals surface area contributed by atoms with Crippen LogP contribution in [-0.2, 0) is 6.54 Å². The molecule has 0 aliphatic carbocycles. The third-order valence-corrected chi connectivity index (χ3v) is 4.98. The fourth-order valence-corrected chi connectivity index (χ4v) is 3.08. The van der Waals surface area contributed by atoms with E-state index in [0.717, 1.165) is 35.5 Å². The van der Waals surface area contributed by atoms with Crippen LogP contribution in [0.5, 0.6) is 5.75 Å². The van der Waals surface area contributed by atoms with Crippen molar-refractivity contribution < 1.29 is 18.7 Å². The Morgan fingerprint density at radius 2 is 1.67 bits per heavy atom. The minimum absolute atomic E-state index is 0.0399. The Morgan fingerprint density at radius 3 is 2.33 bits per heavy atom. The summed E-state index contributed by atoms with van der Waals surface area (Å²) in [5, 5.41) is 13.0. The Balaban J connectivity index is 1.51. The van der Waals surface area contributed by atoms with Gasteiger partial charge in [0.1, 0.15) is 11.6 Å². The number of unbranched alkanes of at least 4 members (excludes halogenated alkanes) is 1. The van der Waals surface area contributed by atoms with E-state index < -0.39 is 17.6 Å². The Morgan fingerprint density at radius 1 is 1.00 bits per heavy atom. The summed E-state index contributed by atoms with van der Waals surface area (Å²) in [6, 6.07) is 12.8. The van der Waals surface area contributed by atoms with Crippen molar-refractivity contribution in [2.75, 3.05) is 11.9 Å². The summed E-state index contributed by atoms with van der Waals surface area (Å²) in [4.78, 5) is 24.5. The van der Waals surface area contributed by atoms with E-state index in [9.17, 15) is 14.0 Å². The highest BCUT2D eigenvalue weighted by molar-refractivity contribution is 7.15. The smallest absolute Gasteiger partial charge is 0.286 e. The van der Waals surface area contributed by atoms with Gasteiger partial charge in [-0.15, -0.1) is 10.2 Å². The zero-order chi connectivity index (χ0) is 21.3. The lowest BCUT2D eigenvalue weighted by Gasteiger charge is -2.07. The average molecular weight is 428 g/mol. The molecule has 0 saturated heterocycles. The van der Waals surface area contributed by atoms with Crippen molar-refractivity contribution in [2.45, 2.75) is 26.3 Å². The van der Waals surface area contributed by atoms with Gasteiger partial charge >= 0.3 is 0 Å². The van der Waals surface area contributed by atoms with E-state index in [0.29, 0.717) is 18.8 Å². The number of hydrogen-bond donors (Lipinski definition) is 2. The van der Waals surface area contributed by atoms with Gasteiger partial charge in [0, 0.05) is 12.2 Å². The molecular weight excluding hydrogens is 407 g/mol. The lowest BCUT2D eigenvalue weighted by Crippen LogP contribution is -2.22. The zero-order valence-electron chi connectivity index (χ0n) is 16.4. The van der Waals surface area contributed by atoms with E-state index in [1.807, 2.05) is 24.3 Å². The van der Waals surface area contributed by atoms with Crippen molar-refractivity contribution in [1.82, 2.24) is 15.5 Å². The number of carbonyl (C=O) groups is 2. The molecule has 7 nitrogen and oxygen atoms in total. The largest absolute Gasteiger partial charge is 0.494 e. The van der Waals surface area contributed by atoms with E-state index >= 15 is 0 Å². The number of amides is 2. The minimum atomic E-state index is -0.517. The maximum absolute atomic E-state index is 12.9. The molecule has 2 amide bonds. The molecule has 1 heterocycles. The molecule has 0 unspecified atom stereocenters. The number of benzene rings is 2. The van der Waals surface area contributed by atoms with Crippen molar-refractivity contribution in [3.05, 3.63) is 69.9 Å². The van der Waals surface area contributed by atoms with Crippen LogP contribution < -0.4 is 15.4 Å². The average Bonchev–Trinajstić information content (AvgIpc) is 3.25. The van der Waals surface area contributed by atoms with Crippen molar-refractivity contribution in [1.29, 1.82) is 0 Å². The van der Waals surface area contributed by atoms with Crippen LogP contribution >= 0.6 is 11.3 Å². The lowest BCUT2D eigenvalue weighted by atomic mass is 10.2. The highest BCUT2D eigenvalue weighted by Crippen LogP contribution is 2.15. The first-order valence-corrected chi connectivity index (χ1v) is 10.3. The predicted molar refractivity (Wildman–Crippen MR) is 112 cm³/mol. The van der Waals surface area contributed by atoms with E-state index in [1.54, 1.807) is 0 Å². The molecule has 1 aromatic heterocycles. The SMILES string of the molecule is CCCCOc1ccc(CNC(=O)c2nnc(C(=O)Nc3ccc(F)cc3)s2)cc1. The van der Waals surface area contributed by atoms with Gasteiger partial charge in [0.2, 0.25) is 10.0 Å². The Kier molecular flexibility index (Phi) is 7.45. The summed E-state index contributed by atoms with van der Waals surface area (Å²) >= 11 is 0.880. The molecule has 0 spiro atoms. The summed E-state index contributed by atoms with van der Waals surface area (Å²) in [5.41, 5.74) is 1.33. The topological polar surface area (TPSA) is 93.2 Å². The number of aromatic nitrogens is 2. The van der Waals surface area contributed by atoms with Gasteiger partial charge in [-0.05, 0) is 48.4 Å². The molecule has 30 heavy (non-hydrogen) atoms. The first-order valence-electron chi connectivity index (χ1n) is 9.45. The predicted octanol–water partition coefficient (Wildman–Crippen LogP) is 4.04. The van der Waals surface area contributed by atoms with Crippen molar-refractivity contribution in [3.8, 4) is 5.75 Å². The van der Waals surface area contributed by atoms with Crippen LogP contribution in [0.4, 0.5) is 10.1 Å². The fourth-order valence-electron chi connectivity index (χ4n) is 2.42. The molecular formula is C21H21FN4O3S. The molecule has 3 aromatic rings. The summed E-state index contributed by atoms with van der Waals surface area (Å²) in [7, 11) is 0. The summed E-state index contributed by atoms with van der Waals surface area (Å²) in [5.74, 6) is -0.547. The summed E-state index contributed by atoms with van der Waals surface area (Å²) < 4.78 is 18.5. The summed E-state index contributed by atoms with van der Waals surface area (Å²) in [6.07, 6.45) is 2.08. The Bertz CT molecular complexity index is 990. The van der Waals surface area contributed by atoms with Crippen LogP contribution in [0.2, 0.25) is 0 Å². The molecule has 3 rings (SSSR count). The maximum atomic E-state index is 12.9. The zero-order valence-corrected chi connectivity index (χ0v) is 17.2. The molecule has 2 N–H and O–H groups in total. The number of ether oxygens (including phenoxy) is 1. The number of hydrogen-bond acceptors (Lipinski definition) is 6. The van der Waals surface area contributed by atoms with Crippen molar-refractivity contribution in [2.24, 2.45) is 0 Å². The van der Waals surface area contributed by atoms with E-state index in [1.165, 1.54) is 24.3 Å². The van der Waals surface area contributed by atoms with Gasteiger partial charge in [-0.2, -0.15) is 0 Å². The van der Waals surface area contributed by atoms with Gasteiger partial charge < -0.3 is 15.4 Å². The van der Waals surface area contributed by atoms with Gasteiger partial charge in [-0.3, -0.25) is 9.59 Å². The quantitative estimate of drug-likeness (QED) is 0.502. The van der Waals surface area contributed by atoms with Crippen LogP contribution in [0.1, 0.15) is 44.9 Å². The molecule has 2 aromatic carbocycles. The monoisotopic (exact) mass is 428 g/mol. The lowest BCUT2D eigenvalue weighted by molar-refractivity contribution is 0.0948. The molecule has 9 heteroatoms. The second-order valence-corrected chi connectivity index (χ2v) is 7.38. The number of carbonyl (C=O) groups excluding carboxylic acids is 2. The second-order valence-electron chi connectivity index (χ2n) is 6.40. The third kappa shape index (κ3) is 6.08. The van der Waals surface area contributed by atoms with Gasteiger partial charge in [-0.25, -0.2) is 4.39 Å². The molecule has 0 saturated carbocycles. The van der Waals surface area contributed by atoms with Crippen LogP contribution in [0, 0.1) is 5.82 Å². The van der Waals surface area contributed by atoms with Crippen LogP contribution in [-0.4, -0.2) is 28.6 Å². The highest BCUT2D eigenvalue weighted by atomic mass is 32.1. The normalized spacial score (nSPS) is 10.5. The minimum Gasteiger partial charge on any atom is -0.494 e. The van der Waals surface area contributed by atoms with Gasteiger partial charge in [-0.1, -0.05) is 36.8 Å². The van der Waals surface area contributed by atoms with E-state index in [2.05, 4.69) is 27.8 Å². The van der Waals surface area contributed by atoms with E-state index in [4.69, 9.17) is 4.74 Å². The highest BCUT2D eigenvalue weighted by Gasteiger charge is 2.17. The third-order valence-electron chi connectivity index (χ3n) is 4.06. The summed E-state index contributed by atoms with van der Waals surface area (Å²) in [6.45, 7) is 3.10.